The Labute approximate surface area is 195 Å². The molecule has 0 saturated heterocycles. The molecule has 0 bridgehead atoms. The number of carbonyl (C=O) groups excluding carboxylic acids is 1. The third kappa shape index (κ3) is 7.80. The van der Waals surface area contributed by atoms with Crippen molar-refractivity contribution in [3.05, 3.63) is 77.6 Å². The molecule has 0 spiro atoms. The Hall–Kier alpha value is -3.96. The number of nitrogens with one attached hydrogen (secondary N) is 2. The van der Waals surface area contributed by atoms with Crippen molar-refractivity contribution in [1.29, 1.82) is 0 Å². The predicted octanol–water partition coefficient (Wildman–Crippen LogP) is 6.57. The topological polar surface area (TPSA) is 72.5 Å². The van der Waals surface area contributed by atoms with Crippen LogP contribution in [0.25, 0.3) is 0 Å². The van der Waals surface area contributed by atoms with Crippen molar-refractivity contribution in [1.82, 2.24) is 4.98 Å². The summed E-state index contributed by atoms with van der Waals surface area (Å²) in [7, 11) is 0. The maximum absolute atomic E-state index is 12.8. The minimum Gasteiger partial charge on any atom is -0.487 e. The van der Waals surface area contributed by atoms with Crippen LogP contribution in [0.5, 0.6) is 11.5 Å². The van der Waals surface area contributed by atoms with Gasteiger partial charge in [0.1, 0.15) is 18.1 Å². The number of rotatable bonds is 7. The Bertz CT molecular complexity index is 1160. The number of alkyl halides is 6. The minimum absolute atomic E-state index is 0.0263. The molecule has 0 radical (unpaired) electrons. The van der Waals surface area contributed by atoms with Gasteiger partial charge in [0.25, 0.3) is 0 Å². The van der Waals surface area contributed by atoms with Crippen molar-refractivity contribution in [2.45, 2.75) is 25.9 Å². The number of benzene rings is 2. The van der Waals surface area contributed by atoms with E-state index < -0.39 is 30.6 Å². The second-order valence-corrected chi connectivity index (χ2v) is 7.26. The minimum atomic E-state index is -4.53. The lowest BCUT2D eigenvalue weighted by Gasteiger charge is -2.14. The number of ether oxygens (including phenoxy) is 2. The molecule has 1 heterocycles. The van der Waals surface area contributed by atoms with E-state index in [0.29, 0.717) is 22.7 Å². The maximum atomic E-state index is 12.8. The molecule has 0 aliphatic heterocycles. The Morgan fingerprint density at radius 3 is 2.26 bits per heavy atom. The Morgan fingerprint density at radius 2 is 1.60 bits per heavy atom. The van der Waals surface area contributed by atoms with Gasteiger partial charge in [0, 0.05) is 23.1 Å². The van der Waals surface area contributed by atoms with Gasteiger partial charge in [-0.05, 0) is 55.5 Å². The summed E-state index contributed by atoms with van der Waals surface area (Å²) in [5.41, 5.74) is 0.216. The smallest absolute Gasteiger partial charge is 0.422 e. The van der Waals surface area contributed by atoms with Crippen LogP contribution in [0.4, 0.5) is 42.5 Å². The molecular formula is C23H19F6N3O3. The predicted molar refractivity (Wildman–Crippen MR) is 115 cm³/mol. The number of pyridine rings is 1. The molecule has 3 aromatic rings. The SMILES string of the molecule is Cc1c(OCC(F)(F)F)ccnc1COc1ccc(NC(=O)Nc2cccc(C(F)(F)F)c2)cc1. The fourth-order valence-corrected chi connectivity index (χ4v) is 2.87. The summed E-state index contributed by atoms with van der Waals surface area (Å²) in [5.74, 6) is 0.430. The molecule has 6 nitrogen and oxygen atoms in total. The van der Waals surface area contributed by atoms with Crippen LogP contribution >= 0.6 is 0 Å². The van der Waals surface area contributed by atoms with Gasteiger partial charge in [-0.3, -0.25) is 4.98 Å². The largest absolute Gasteiger partial charge is 0.487 e. The fourth-order valence-electron chi connectivity index (χ4n) is 2.87. The number of hydrogen-bond acceptors (Lipinski definition) is 4. The number of nitrogens with zero attached hydrogens (tertiary/aromatic N) is 1. The molecule has 3 rings (SSSR count). The highest BCUT2D eigenvalue weighted by Crippen LogP contribution is 2.30. The molecule has 2 amide bonds. The molecule has 0 atom stereocenters. The first-order valence-corrected chi connectivity index (χ1v) is 10.0. The second kappa shape index (κ2) is 10.5. The highest BCUT2D eigenvalue weighted by Gasteiger charge is 2.30. The van der Waals surface area contributed by atoms with Crippen LogP contribution in [0.3, 0.4) is 0 Å². The van der Waals surface area contributed by atoms with Gasteiger partial charge in [0.2, 0.25) is 0 Å². The van der Waals surface area contributed by atoms with Crippen LogP contribution < -0.4 is 20.1 Å². The van der Waals surface area contributed by atoms with E-state index in [9.17, 15) is 31.1 Å². The van der Waals surface area contributed by atoms with Gasteiger partial charge in [-0.25, -0.2) is 4.79 Å². The van der Waals surface area contributed by atoms with Crippen LogP contribution in [0.2, 0.25) is 0 Å². The zero-order valence-corrected chi connectivity index (χ0v) is 18.1. The quantitative estimate of drug-likeness (QED) is 0.361. The molecule has 0 unspecified atom stereocenters. The normalized spacial score (nSPS) is 11.6. The third-order valence-electron chi connectivity index (χ3n) is 4.59. The number of aromatic nitrogens is 1. The Balaban J connectivity index is 1.55. The van der Waals surface area contributed by atoms with Gasteiger partial charge >= 0.3 is 18.4 Å². The summed E-state index contributed by atoms with van der Waals surface area (Å²) in [5, 5.41) is 4.81. The van der Waals surface area contributed by atoms with Crippen LogP contribution in [0, 0.1) is 6.92 Å². The standard InChI is InChI=1S/C23H19F6N3O3/c1-14-19(30-10-9-20(14)35-13-22(24,25)26)12-34-18-7-5-16(6-8-18)31-21(33)32-17-4-2-3-15(11-17)23(27,28)29/h2-11H,12-13H2,1H3,(H2,31,32,33). The molecule has 35 heavy (non-hydrogen) atoms. The van der Waals surface area contributed by atoms with Gasteiger partial charge in [-0.2, -0.15) is 26.3 Å². The zero-order valence-electron chi connectivity index (χ0n) is 18.1. The number of hydrogen-bond donors (Lipinski definition) is 2. The van der Waals surface area contributed by atoms with Gasteiger partial charge in [-0.15, -0.1) is 0 Å². The number of anilines is 2. The first-order chi connectivity index (χ1) is 16.4. The lowest BCUT2D eigenvalue weighted by Crippen LogP contribution is -2.20. The highest BCUT2D eigenvalue weighted by molar-refractivity contribution is 5.99. The summed E-state index contributed by atoms with van der Waals surface area (Å²) < 4.78 is 85.9. The summed E-state index contributed by atoms with van der Waals surface area (Å²) in [4.78, 5) is 16.2. The lowest BCUT2D eigenvalue weighted by molar-refractivity contribution is -0.153. The number of amides is 2. The maximum Gasteiger partial charge on any atom is 0.422 e. The highest BCUT2D eigenvalue weighted by atomic mass is 19.4. The molecule has 0 aliphatic carbocycles. The monoisotopic (exact) mass is 499 g/mol. The van der Waals surface area contributed by atoms with Crippen LogP contribution in [0.15, 0.2) is 60.8 Å². The molecule has 0 aliphatic rings. The zero-order chi connectivity index (χ0) is 25.6. The molecule has 12 heteroatoms. The number of carbonyl (C=O) groups is 1. The summed E-state index contributed by atoms with van der Waals surface area (Å²) >= 11 is 0. The first kappa shape index (κ1) is 25.7. The molecule has 2 N–H and O–H groups in total. The van der Waals surface area contributed by atoms with Gasteiger partial charge < -0.3 is 20.1 Å². The summed E-state index contributed by atoms with van der Waals surface area (Å²) in [6, 6.07) is 10.9. The van der Waals surface area contributed by atoms with Crippen molar-refractivity contribution in [2.75, 3.05) is 17.2 Å². The molecule has 0 saturated carbocycles. The van der Waals surface area contributed by atoms with E-state index in [2.05, 4.69) is 15.6 Å². The average Bonchev–Trinajstić information content (AvgIpc) is 2.77. The molecule has 1 aromatic heterocycles. The van der Waals surface area contributed by atoms with Crippen molar-refractivity contribution >= 4 is 17.4 Å². The van der Waals surface area contributed by atoms with Gasteiger partial charge in [-0.1, -0.05) is 6.07 Å². The van der Waals surface area contributed by atoms with Crippen molar-refractivity contribution in [2.24, 2.45) is 0 Å². The van der Waals surface area contributed by atoms with Crippen molar-refractivity contribution < 1.29 is 40.6 Å². The Kier molecular flexibility index (Phi) is 7.72. The van der Waals surface area contributed by atoms with Crippen molar-refractivity contribution in [3.63, 3.8) is 0 Å². The van der Waals surface area contributed by atoms with Gasteiger partial charge in [0.15, 0.2) is 6.61 Å². The molecule has 186 valence electrons. The van der Waals surface area contributed by atoms with Crippen LogP contribution in [0.1, 0.15) is 16.8 Å². The second-order valence-electron chi connectivity index (χ2n) is 7.26. The fraction of sp³-hybridized carbons (Fsp3) is 0.217. The van der Waals surface area contributed by atoms with E-state index in [0.717, 1.165) is 12.1 Å². The average molecular weight is 499 g/mol. The van der Waals surface area contributed by atoms with Crippen molar-refractivity contribution in [3.8, 4) is 11.5 Å². The van der Waals surface area contributed by atoms with E-state index in [1.807, 2.05) is 0 Å². The molecular weight excluding hydrogens is 480 g/mol. The number of urea groups is 1. The van der Waals surface area contributed by atoms with Crippen LogP contribution in [-0.2, 0) is 12.8 Å². The van der Waals surface area contributed by atoms with E-state index >= 15 is 0 Å². The first-order valence-electron chi connectivity index (χ1n) is 10.0. The summed E-state index contributed by atoms with van der Waals surface area (Å²) in [6.45, 7) is 0.0965. The Morgan fingerprint density at radius 1 is 0.914 bits per heavy atom. The van der Waals surface area contributed by atoms with E-state index in [-0.39, 0.29) is 18.0 Å². The third-order valence-corrected chi connectivity index (χ3v) is 4.59. The van der Waals surface area contributed by atoms with Gasteiger partial charge in [0.05, 0.1) is 11.3 Å². The molecule has 0 fully saturated rings. The van der Waals surface area contributed by atoms with E-state index in [1.165, 1.54) is 48.7 Å². The number of halogens is 6. The van der Waals surface area contributed by atoms with E-state index in [1.54, 1.807) is 6.92 Å². The van der Waals surface area contributed by atoms with E-state index in [4.69, 9.17) is 9.47 Å². The van der Waals surface area contributed by atoms with Crippen LogP contribution in [-0.4, -0.2) is 23.8 Å². The lowest BCUT2D eigenvalue weighted by atomic mass is 10.2. The summed E-state index contributed by atoms with van der Waals surface area (Å²) in [6.07, 6.45) is -7.69. The molecule has 2 aromatic carbocycles.